The van der Waals surface area contributed by atoms with E-state index in [1.807, 2.05) is 25.1 Å². The van der Waals surface area contributed by atoms with E-state index in [1.165, 1.54) is 6.07 Å². The van der Waals surface area contributed by atoms with Gasteiger partial charge in [0.25, 0.3) is 0 Å². The van der Waals surface area contributed by atoms with Gasteiger partial charge in [-0.15, -0.1) is 0 Å². The van der Waals surface area contributed by atoms with Crippen LogP contribution in [0, 0.1) is 0 Å². The predicted molar refractivity (Wildman–Crippen MR) is 74.8 cm³/mol. The number of carbonyl (C=O) groups is 1. The molecule has 0 aliphatic carbocycles. The molecule has 5 heteroatoms. The second kappa shape index (κ2) is 5.16. The van der Waals surface area contributed by atoms with Crippen molar-refractivity contribution in [1.29, 1.82) is 0 Å². The summed E-state index contributed by atoms with van der Waals surface area (Å²) < 4.78 is 2.58. The normalized spacial score (nSPS) is 10.6. The summed E-state index contributed by atoms with van der Waals surface area (Å²) in [5.74, 6) is -0.994. The number of aryl methyl sites for hydroxylation is 1. The van der Waals surface area contributed by atoms with Gasteiger partial charge in [0.05, 0.1) is 5.02 Å². The number of carboxylic acids is 1. The molecule has 0 spiro atoms. The van der Waals surface area contributed by atoms with Crippen LogP contribution in [0.15, 0.2) is 34.9 Å². The Morgan fingerprint density at radius 3 is 2.78 bits per heavy atom. The SMILES string of the molecule is CCc1cc(Br)ccc1-n1cc(Cl)cc1C(=O)O. The number of hydrogen-bond acceptors (Lipinski definition) is 1. The van der Waals surface area contributed by atoms with Gasteiger partial charge in [-0.25, -0.2) is 4.79 Å². The molecule has 1 N–H and O–H groups in total. The average molecular weight is 329 g/mol. The van der Waals surface area contributed by atoms with Crippen LogP contribution in [0.5, 0.6) is 0 Å². The van der Waals surface area contributed by atoms with Crippen molar-refractivity contribution in [3.8, 4) is 5.69 Å². The fourth-order valence-electron chi connectivity index (χ4n) is 1.87. The topological polar surface area (TPSA) is 42.2 Å². The first-order valence-corrected chi connectivity index (χ1v) is 6.60. The van der Waals surface area contributed by atoms with Crippen molar-refractivity contribution in [2.45, 2.75) is 13.3 Å². The molecule has 1 aromatic carbocycles. The number of halogens is 2. The van der Waals surface area contributed by atoms with E-state index in [4.69, 9.17) is 16.7 Å². The van der Waals surface area contributed by atoms with Gasteiger partial charge in [-0.2, -0.15) is 0 Å². The first-order valence-electron chi connectivity index (χ1n) is 5.43. The van der Waals surface area contributed by atoms with Crippen molar-refractivity contribution in [3.05, 3.63) is 51.2 Å². The van der Waals surface area contributed by atoms with Gasteiger partial charge in [0.2, 0.25) is 0 Å². The Balaban J connectivity index is 2.65. The van der Waals surface area contributed by atoms with E-state index in [1.54, 1.807) is 10.8 Å². The third kappa shape index (κ3) is 2.44. The zero-order valence-corrected chi connectivity index (χ0v) is 12.0. The summed E-state index contributed by atoms with van der Waals surface area (Å²) in [5, 5.41) is 9.58. The first kappa shape index (κ1) is 13.2. The largest absolute Gasteiger partial charge is 0.477 e. The highest BCUT2D eigenvalue weighted by Gasteiger charge is 2.15. The molecule has 3 nitrogen and oxygen atoms in total. The Morgan fingerprint density at radius 2 is 2.17 bits per heavy atom. The molecule has 0 unspecified atom stereocenters. The summed E-state index contributed by atoms with van der Waals surface area (Å²) in [6.07, 6.45) is 2.43. The fourth-order valence-corrected chi connectivity index (χ4v) is 2.48. The highest BCUT2D eigenvalue weighted by molar-refractivity contribution is 9.10. The van der Waals surface area contributed by atoms with Crippen molar-refractivity contribution in [3.63, 3.8) is 0 Å². The molecule has 18 heavy (non-hydrogen) atoms. The molecular formula is C13H11BrClNO2. The van der Waals surface area contributed by atoms with Gasteiger partial charge in [0.15, 0.2) is 0 Å². The minimum absolute atomic E-state index is 0.164. The van der Waals surface area contributed by atoms with E-state index in [0.717, 1.165) is 22.1 Å². The summed E-state index contributed by atoms with van der Waals surface area (Å²) >= 11 is 9.30. The van der Waals surface area contributed by atoms with Crippen LogP contribution in [0.3, 0.4) is 0 Å². The van der Waals surface area contributed by atoms with E-state index < -0.39 is 5.97 Å². The molecule has 0 bridgehead atoms. The molecule has 0 saturated carbocycles. The first-order chi connectivity index (χ1) is 8.52. The average Bonchev–Trinajstić information content (AvgIpc) is 2.71. The molecule has 0 saturated heterocycles. The van der Waals surface area contributed by atoms with Crippen molar-refractivity contribution in [2.24, 2.45) is 0 Å². The number of aromatic nitrogens is 1. The maximum atomic E-state index is 11.2. The van der Waals surface area contributed by atoms with Crippen molar-refractivity contribution in [1.82, 2.24) is 4.57 Å². The zero-order valence-electron chi connectivity index (χ0n) is 9.65. The summed E-state index contributed by atoms with van der Waals surface area (Å²) in [5.41, 5.74) is 2.06. The maximum Gasteiger partial charge on any atom is 0.352 e. The molecular weight excluding hydrogens is 318 g/mol. The van der Waals surface area contributed by atoms with Crippen LogP contribution in [0.1, 0.15) is 23.0 Å². The number of hydrogen-bond donors (Lipinski definition) is 1. The van der Waals surface area contributed by atoms with E-state index in [-0.39, 0.29) is 5.69 Å². The van der Waals surface area contributed by atoms with Gasteiger partial charge >= 0.3 is 5.97 Å². The Labute approximate surface area is 118 Å². The lowest BCUT2D eigenvalue weighted by Gasteiger charge is -2.11. The Kier molecular flexibility index (Phi) is 3.78. The van der Waals surface area contributed by atoms with Crippen LogP contribution < -0.4 is 0 Å². The predicted octanol–water partition coefficient (Wildman–Crippen LogP) is 4.15. The molecule has 1 aromatic heterocycles. The van der Waals surface area contributed by atoms with Crippen LogP contribution in [-0.2, 0) is 6.42 Å². The van der Waals surface area contributed by atoms with E-state index >= 15 is 0 Å². The summed E-state index contributed by atoms with van der Waals surface area (Å²) in [4.78, 5) is 11.2. The Hall–Kier alpha value is -1.26. The molecule has 0 radical (unpaired) electrons. The van der Waals surface area contributed by atoms with E-state index in [2.05, 4.69) is 15.9 Å². The second-order valence-corrected chi connectivity index (χ2v) is 5.20. The Morgan fingerprint density at radius 1 is 1.44 bits per heavy atom. The van der Waals surface area contributed by atoms with Gasteiger partial charge in [-0.05, 0) is 36.2 Å². The minimum atomic E-state index is -0.994. The van der Waals surface area contributed by atoms with Crippen molar-refractivity contribution in [2.75, 3.05) is 0 Å². The standard InChI is InChI=1S/C13H11BrClNO2/c1-2-8-5-9(14)3-4-11(8)16-7-10(15)6-12(16)13(17)18/h3-7H,2H2,1H3,(H,17,18). The van der Waals surface area contributed by atoms with Crippen molar-refractivity contribution >= 4 is 33.5 Å². The zero-order chi connectivity index (χ0) is 13.3. The molecule has 2 aromatic rings. The van der Waals surface area contributed by atoms with E-state index in [0.29, 0.717) is 5.02 Å². The van der Waals surface area contributed by atoms with Crippen LogP contribution in [0.25, 0.3) is 5.69 Å². The second-order valence-electron chi connectivity index (χ2n) is 3.85. The smallest absolute Gasteiger partial charge is 0.352 e. The number of nitrogens with zero attached hydrogens (tertiary/aromatic N) is 1. The number of carboxylic acid groups (broad SMARTS) is 1. The number of benzene rings is 1. The van der Waals surface area contributed by atoms with Crippen LogP contribution >= 0.6 is 27.5 Å². The monoisotopic (exact) mass is 327 g/mol. The van der Waals surface area contributed by atoms with E-state index in [9.17, 15) is 4.79 Å². The molecule has 2 rings (SSSR count). The van der Waals surface area contributed by atoms with Crippen molar-refractivity contribution < 1.29 is 9.90 Å². The van der Waals surface area contributed by atoms with Gasteiger partial charge in [-0.3, -0.25) is 0 Å². The lowest BCUT2D eigenvalue weighted by molar-refractivity contribution is 0.0688. The highest BCUT2D eigenvalue weighted by Crippen LogP contribution is 2.25. The van der Waals surface area contributed by atoms with Gasteiger partial charge in [0, 0.05) is 16.4 Å². The summed E-state index contributed by atoms with van der Waals surface area (Å²) in [7, 11) is 0. The minimum Gasteiger partial charge on any atom is -0.477 e. The van der Waals surface area contributed by atoms with Gasteiger partial charge < -0.3 is 9.67 Å². The maximum absolute atomic E-state index is 11.2. The Bertz CT molecular complexity index is 607. The lowest BCUT2D eigenvalue weighted by Crippen LogP contribution is -2.07. The third-order valence-electron chi connectivity index (χ3n) is 2.69. The summed E-state index contributed by atoms with van der Waals surface area (Å²) in [6.45, 7) is 2.02. The van der Waals surface area contributed by atoms with Crippen LogP contribution in [0.2, 0.25) is 5.02 Å². The molecule has 0 aliphatic heterocycles. The quantitative estimate of drug-likeness (QED) is 0.919. The van der Waals surface area contributed by atoms with Crippen LogP contribution in [0.4, 0.5) is 0 Å². The molecule has 94 valence electrons. The molecule has 0 atom stereocenters. The highest BCUT2D eigenvalue weighted by atomic mass is 79.9. The lowest BCUT2D eigenvalue weighted by atomic mass is 10.1. The molecule has 0 amide bonds. The number of rotatable bonds is 3. The van der Waals surface area contributed by atoms with Gasteiger partial charge in [0.1, 0.15) is 5.69 Å². The number of aromatic carboxylic acids is 1. The molecule has 0 fully saturated rings. The molecule has 1 heterocycles. The van der Waals surface area contributed by atoms with Crippen LogP contribution in [-0.4, -0.2) is 15.6 Å². The van der Waals surface area contributed by atoms with Gasteiger partial charge in [-0.1, -0.05) is 34.5 Å². The third-order valence-corrected chi connectivity index (χ3v) is 3.39. The summed E-state index contributed by atoms with van der Waals surface area (Å²) in [6, 6.07) is 7.19. The molecule has 0 aliphatic rings. The fraction of sp³-hybridized carbons (Fsp3) is 0.154.